The fraction of sp³-hybridized carbons (Fsp3) is 0.625. The van der Waals surface area contributed by atoms with Gasteiger partial charge < -0.3 is 4.74 Å². The van der Waals surface area contributed by atoms with Crippen molar-refractivity contribution in [1.82, 2.24) is 9.78 Å². The number of hydrogen-bond acceptors (Lipinski definition) is 4. The van der Waals surface area contributed by atoms with E-state index < -0.39 is 9.05 Å². The van der Waals surface area contributed by atoms with Crippen molar-refractivity contribution < 1.29 is 13.2 Å². The molecule has 5 nitrogen and oxygen atoms in total. The molecule has 0 saturated heterocycles. The third-order valence-corrected chi connectivity index (χ3v) is 3.01. The predicted molar refractivity (Wildman–Crippen MR) is 56.4 cm³/mol. The SMILES string of the molecule is CCCOCCn1cc(S(=O)(=O)Cl)cn1. The standard InChI is InChI=1S/C8H13ClN2O3S/c1-2-4-14-5-3-11-7-8(6-10-11)15(9,12)13/h6-7H,2-5H2,1H3. The molecule has 7 heteroatoms. The molecule has 0 aliphatic carbocycles. The summed E-state index contributed by atoms with van der Waals surface area (Å²) in [6, 6.07) is 0. The molecule has 0 aromatic carbocycles. The van der Waals surface area contributed by atoms with E-state index in [1.54, 1.807) is 0 Å². The summed E-state index contributed by atoms with van der Waals surface area (Å²) in [4.78, 5) is 0.0136. The third kappa shape index (κ3) is 4.19. The first-order valence-corrected chi connectivity index (χ1v) is 6.90. The maximum Gasteiger partial charge on any atom is 0.264 e. The average molecular weight is 253 g/mol. The zero-order chi connectivity index (χ0) is 11.3. The van der Waals surface area contributed by atoms with Gasteiger partial charge in [-0.05, 0) is 6.42 Å². The second-order valence-corrected chi connectivity index (χ2v) is 5.56. The van der Waals surface area contributed by atoms with Crippen LogP contribution in [0.1, 0.15) is 13.3 Å². The van der Waals surface area contributed by atoms with E-state index in [1.807, 2.05) is 6.92 Å². The van der Waals surface area contributed by atoms with E-state index in [-0.39, 0.29) is 4.90 Å². The molecule has 0 unspecified atom stereocenters. The Hall–Kier alpha value is -0.590. The lowest BCUT2D eigenvalue weighted by Gasteiger charge is -2.01. The van der Waals surface area contributed by atoms with Crippen LogP contribution in [0.15, 0.2) is 17.3 Å². The Kier molecular flexibility index (Phi) is 4.56. The monoisotopic (exact) mass is 252 g/mol. The minimum Gasteiger partial charge on any atom is -0.380 e. The van der Waals surface area contributed by atoms with Crippen LogP contribution in [-0.2, 0) is 20.3 Å². The van der Waals surface area contributed by atoms with Crippen LogP contribution in [0, 0.1) is 0 Å². The molecule has 0 radical (unpaired) electrons. The van der Waals surface area contributed by atoms with Crippen molar-refractivity contribution in [3.63, 3.8) is 0 Å². The van der Waals surface area contributed by atoms with Crippen molar-refractivity contribution in [2.75, 3.05) is 13.2 Å². The van der Waals surface area contributed by atoms with Crippen LogP contribution in [0.2, 0.25) is 0 Å². The summed E-state index contributed by atoms with van der Waals surface area (Å²) >= 11 is 0. The average Bonchev–Trinajstić information content (AvgIpc) is 2.60. The lowest BCUT2D eigenvalue weighted by Crippen LogP contribution is -2.06. The van der Waals surface area contributed by atoms with Crippen molar-refractivity contribution in [1.29, 1.82) is 0 Å². The van der Waals surface area contributed by atoms with Gasteiger partial charge in [0.05, 0.1) is 19.3 Å². The number of rotatable bonds is 6. The quantitative estimate of drug-likeness (QED) is 0.565. The van der Waals surface area contributed by atoms with Gasteiger partial charge in [-0.3, -0.25) is 4.68 Å². The summed E-state index contributed by atoms with van der Waals surface area (Å²) in [5.41, 5.74) is 0. The molecule has 0 amide bonds. The van der Waals surface area contributed by atoms with Crippen LogP contribution in [0.5, 0.6) is 0 Å². The molecule has 0 aliphatic rings. The van der Waals surface area contributed by atoms with Crippen LogP contribution >= 0.6 is 10.7 Å². The van der Waals surface area contributed by atoms with Crippen molar-refractivity contribution in [2.45, 2.75) is 24.8 Å². The normalized spacial score (nSPS) is 11.9. The lowest BCUT2D eigenvalue weighted by atomic mass is 10.5. The molecular weight excluding hydrogens is 240 g/mol. The summed E-state index contributed by atoms with van der Waals surface area (Å²) in [6.45, 7) is 3.75. The summed E-state index contributed by atoms with van der Waals surface area (Å²) in [7, 11) is 1.47. The van der Waals surface area contributed by atoms with Gasteiger partial charge in [0.15, 0.2) is 0 Å². The van der Waals surface area contributed by atoms with E-state index in [2.05, 4.69) is 5.10 Å². The van der Waals surface area contributed by atoms with Crippen LogP contribution in [0.3, 0.4) is 0 Å². The van der Waals surface area contributed by atoms with Gasteiger partial charge in [0.25, 0.3) is 9.05 Å². The van der Waals surface area contributed by atoms with E-state index in [0.717, 1.165) is 6.42 Å². The Bertz CT molecular complexity index is 402. The van der Waals surface area contributed by atoms with E-state index in [4.69, 9.17) is 15.4 Å². The van der Waals surface area contributed by atoms with Gasteiger partial charge >= 0.3 is 0 Å². The highest BCUT2D eigenvalue weighted by Gasteiger charge is 2.12. The zero-order valence-corrected chi connectivity index (χ0v) is 9.96. The highest BCUT2D eigenvalue weighted by molar-refractivity contribution is 8.13. The highest BCUT2D eigenvalue weighted by Crippen LogP contribution is 2.12. The van der Waals surface area contributed by atoms with Crippen molar-refractivity contribution in [3.05, 3.63) is 12.4 Å². The van der Waals surface area contributed by atoms with Crippen molar-refractivity contribution >= 4 is 19.7 Å². The summed E-state index contributed by atoms with van der Waals surface area (Å²) < 4.78 is 28.5. The topological polar surface area (TPSA) is 61.2 Å². The number of nitrogens with zero attached hydrogens (tertiary/aromatic N) is 2. The summed E-state index contributed by atoms with van der Waals surface area (Å²) in [5.74, 6) is 0. The molecule has 0 bridgehead atoms. The molecule has 0 N–H and O–H groups in total. The zero-order valence-electron chi connectivity index (χ0n) is 8.39. The van der Waals surface area contributed by atoms with Crippen LogP contribution in [0.25, 0.3) is 0 Å². The molecule has 86 valence electrons. The van der Waals surface area contributed by atoms with Gasteiger partial charge in [0, 0.05) is 23.5 Å². The Morgan fingerprint density at radius 1 is 1.53 bits per heavy atom. The number of ether oxygens (including phenoxy) is 1. The van der Waals surface area contributed by atoms with Gasteiger partial charge in [-0.2, -0.15) is 5.10 Å². The minimum absolute atomic E-state index is 0.0136. The second kappa shape index (κ2) is 5.48. The maximum absolute atomic E-state index is 10.9. The van der Waals surface area contributed by atoms with Crippen LogP contribution < -0.4 is 0 Å². The molecule has 0 atom stereocenters. The molecule has 0 aliphatic heterocycles. The maximum atomic E-state index is 10.9. The van der Waals surface area contributed by atoms with E-state index in [1.165, 1.54) is 17.1 Å². The fourth-order valence-electron chi connectivity index (χ4n) is 0.997. The van der Waals surface area contributed by atoms with E-state index in [9.17, 15) is 8.42 Å². The first-order chi connectivity index (χ1) is 7.04. The molecule has 15 heavy (non-hydrogen) atoms. The number of hydrogen-bond donors (Lipinski definition) is 0. The lowest BCUT2D eigenvalue weighted by molar-refractivity contribution is 0.124. The molecule has 1 rings (SSSR count). The molecule has 1 aromatic heterocycles. The second-order valence-electron chi connectivity index (χ2n) is 2.99. The Labute approximate surface area is 93.4 Å². The highest BCUT2D eigenvalue weighted by atomic mass is 35.7. The van der Waals surface area contributed by atoms with E-state index >= 15 is 0 Å². The fourth-order valence-corrected chi connectivity index (χ4v) is 1.66. The number of halogens is 1. The van der Waals surface area contributed by atoms with Crippen molar-refractivity contribution in [3.8, 4) is 0 Å². The van der Waals surface area contributed by atoms with Crippen LogP contribution in [-0.4, -0.2) is 31.4 Å². The number of aromatic nitrogens is 2. The Balaban J connectivity index is 2.47. The third-order valence-electron chi connectivity index (χ3n) is 1.70. The largest absolute Gasteiger partial charge is 0.380 e. The minimum atomic E-state index is -3.67. The van der Waals surface area contributed by atoms with Crippen LogP contribution in [0.4, 0.5) is 0 Å². The smallest absolute Gasteiger partial charge is 0.264 e. The van der Waals surface area contributed by atoms with Gasteiger partial charge in [-0.1, -0.05) is 6.92 Å². The molecule has 0 spiro atoms. The Morgan fingerprint density at radius 2 is 2.27 bits per heavy atom. The predicted octanol–water partition coefficient (Wildman–Crippen LogP) is 1.24. The Morgan fingerprint density at radius 3 is 2.80 bits per heavy atom. The molecular formula is C8H13ClN2O3S. The summed E-state index contributed by atoms with van der Waals surface area (Å²) in [6.07, 6.45) is 3.57. The van der Waals surface area contributed by atoms with Crippen molar-refractivity contribution in [2.24, 2.45) is 0 Å². The first-order valence-electron chi connectivity index (χ1n) is 4.59. The molecule has 1 heterocycles. The first kappa shape index (κ1) is 12.5. The van der Waals surface area contributed by atoms with Gasteiger partial charge in [0.2, 0.25) is 0 Å². The summed E-state index contributed by atoms with van der Waals surface area (Å²) in [5, 5.41) is 3.85. The van der Waals surface area contributed by atoms with E-state index in [0.29, 0.717) is 19.8 Å². The molecule has 1 aromatic rings. The molecule has 0 saturated carbocycles. The van der Waals surface area contributed by atoms with Gasteiger partial charge in [-0.25, -0.2) is 8.42 Å². The van der Waals surface area contributed by atoms with Gasteiger partial charge in [0.1, 0.15) is 4.90 Å². The van der Waals surface area contributed by atoms with Gasteiger partial charge in [-0.15, -0.1) is 0 Å². The molecule has 0 fully saturated rings.